The number of aromatic amines is 1. The first-order valence-electron chi connectivity index (χ1n) is 5.06. The van der Waals surface area contributed by atoms with Crippen LogP contribution in [0.25, 0.3) is 12.2 Å². The van der Waals surface area contributed by atoms with Crippen molar-refractivity contribution < 1.29 is 0 Å². The highest BCUT2D eigenvalue weighted by molar-refractivity contribution is 5.67. The second-order valence-electron chi connectivity index (χ2n) is 3.54. The molecule has 0 atom stereocenters. The molecule has 14 heavy (non-hydrogen) atoms. The van der Waals surface area contributed by atoms with Crippen LogP contribution >= 0.6 is 0 Å². The predicted octanol–water partition coefficient (Wildman–Crippen LogP) is 2.34. The van der Waals surface area contributed by atoms with Gasteiger partial charge in [-0.1, -0.05) is 18.7 Å². The fourth-order valence-electron chi connectivity index (χ4n) is 2.01. The van der Waals surface area contributed by atoms with Crippen LogP contribution in [0, 0.1) is 0 Å². The van der Waals surface area contributed by atoms with Gasteiger partial charge in [-0.15, -0.1) is 0 Å². The number of H-pyrrole nitrogens is 1. The number of rotatable bonds is 2. The molecule has 2 rings (SSSR count). The Morgan fingerprint density at radius 1 is 1.43 bits per heavy atom. The van der Waals surface area contributed by atoms with Gasteiger partial charge in [-0.3, -0.25) is 0 Å². The van der Waals surface area contributed by atoms with Gasteiger partial charge in [0.25, 0.3) is 0 Å². The summed E-state index contributed by atoms with van der Waals surface area (Å²) < 4.78 is 0. The Morgan fingerprint density at radius 3 is 3.00 bits per heavy atom. The van der Waals surface area contributed by atoms with Crippen LogP contribution in [0.2, 0.25) is 0 Å². The van der Waals surface area contributed by atoms with Crippen molar-refractivity contribution >= 4 is 12.2 Å². The van der Waals surface area contributed by atoms with Crippen molar-refractivity contribution in [1.29, 1.82) is 0 Å². The van der Waals surface area contributed by atoms with Gasteiger partial charge in [-0.05, 0) is 31.5 Å². The van der Waals surface area contributed by atoms with Crippen molar-refractivity contribution in [2.75, 3.05) is 6.54 Å². The summed E-state index contributed by atoms with van der Waals surface area (Å²) in [5.74, 6) is 0. The van der Waals surface area contributed by atoms with E-state index < -0.39 is 0 Å². The first-order chi connectivity index (χ1) is 6.86. The van der Waals surface area contributed by atoms with E-state index in [4.69, 9.17) is 0 Å². The monoisotopic (exact) mass is 188 g/mol. The van der Waals surface area contributed by atoms with Crippen LogP contribution < -0.4 is 5.32 Å². The summed E-state index contributed by atoms with van der Waals surface area (Å²) >= 11 is 0. The van der Waals surface area contributed by atoms with Crippen molar-refractivity contribution in [2.45, 2.75) is 19.9 Å². The number of allylic oxidation sites excluding steroid dienone is 1. The van der Waals surface area contributed by atoms with Crippen molar-refractivity contribution in [3.8, 4) is 0 Å². The lowest BCUT2D eigenvalue weighted by molar-refractivity contribution is 0.634. The summed E-state index contributed by atoms with van der Waals surface area (Å²) in [6, 6.07) is 0. The molecule has 0 radical (unpaired) electrons. The van der Waals surface area contributed by atoms with Gasteiger partial charge in [-0.2, -0.15) is 0 Å². The lowest BCUT2D eigenvalue weighted by Crippen LogP contribution is -2.23. The number of hydrogen-bond acceptors (Lipinski definition) is 1. The standard InChI is InChI=1S/C12H16N2/c1-3-5-9-10-6-7-13-8-12(10)14-11(9)4-2/h3-5,13-14H,2,6-8H2,1H3/b5-3-. The third-order valence-corrected chi connectivity index (χ3v) is 2.66. The van der Waals surface area contributed by atoms with Gasteiger partial charge < -0.3 is 10.3 Å². The summed E-state index contributed by atoms with van der Waals surface area (Å²) in [4.78, 5) is 3.40. The van der Waals surface area contributed by atoms with Crippen molar-refractivity contribution in [2.24, 2.45) is 0 Å². The zero-order chi connectivity index (χ0) is 9.97. The zero-order valence-corrected chi connectivity index (χ0v) is 8.56. The van der Waals surface area contributed by atoms with Crippen LogP contribution in [-0.4, -0.2) is 11.5 Å². The topological polar surface area (TPSA) is 27.8 Å². The molecular formula is C12H16N2. The molecule has 2 N–H and O–H groups in total. The Labute approximate surface area is 84.7 Å². The van der Waals surface area contributed by atoms with E-state index >= 15 is 0 Å². The predicted molar refractivity (Wildman–Crippen MR) is 61.0 cm³/mol. The van der Waals surface area contributed by atoms with E-state index in [0.717, 1.165) is 25.2 Å². The van der Waals surface area contributed by atoms with Crippen molar-refractivity contribution in [3.05, 3.63) is 35.2 Å². The SMILES string of the molecule is C=Cc1[nH]c2c(c1/C=C\C)CCNC2. The molecule has 2 nitrogen and oxygen atoms in total. The third kappa shape index (κ3) is 1.42. The lowest BCUT2D eigenvalue weighted by atomic mass is 10.0. The molecule has 1 aromatic heterocycles. The molecule has 2 heteroatoms. The summed E-state index contributed by atoms with van der Waals surface area (Å²) in [6.45, 7) is 7.91. The molecule has 0 saturated carbocycles. The summed E-state index contributed by atoms with van der Waals surface area (Å²) in [5.41, 5.74) is 5.24. The normalized spacial score (nSPS) is 15.8. The van der Waals surface area contributed by atoms with Gasteiger partial charge in [0.1, 0.15) is 0 Å². The largest absolute Gasteiger partial charge is 0.357 e. The molecule has 0 unspecified atom stereocenters. The Morgan fingerprint density at radius 2 is 2.29 bits per heavy atom. The Kier molecular flexibility index (Phi) is 2.55. The first kappa shape index (κ1) is 9.28. The van der Waals surface area contributed by atoms with Gasteiger partial charge in [0, 0.05) is 23.5 Å². The van der Waals surface area contributed by atoms with Gasteiger partial charge in [0.15, 0.2) is 0 Å². The quantitative estimate of drug-likeness (QED) is 0.732. The van der Waals surface area contributed by atoms with E-state index in [2.05, 4.69) is 29.0 Å². The molecule has 0 amide bonds. The maximum absolute atomic E-state index is 3.83. The number of nitrogens with one attached hydrogen (secondary N) is 2. The molecular weight excluding hydrogens is 172 g/mol. The molecule has 0 saturated heterocycles. The van der Waals surface area contributed by atoms with Crippen LogP contribution in [0.4, 0.5) is 0 Å². The molecule has 0 spiro atoms. The van der Waals surface area contributed by atoms with E-state index in [1.54, 1.807) is 0 Å². The number of aromatic nitrogens is 1. The van der Waals surface area contributed by atoms with Crippen molar-refractivity contribution in [1.82, 2.24) is 10.3 Å². The highest BCUT2D eigenvalue weighted by Crippen LogP contribution is 2.24. The molecule has 0 aliphatic carbocycles. The van der Waals surface area contributed by atoms with Crippen molar-refractivity contribution in [3.63, 3.8) is 0 Å². The molecule has 2 heterocycles. The maximum Gasteiger partial charge on any atom is 0.0453 e. The second kappa shape index (κ2) is 3.84. The second-order valence-corrected chi connectivity index (χ2v) is 3.54. The van der Waals surface area contributed by atoms with Gasteiger partial charge in [0.2, 0.25) is 0 Å². The lowest BCUT2D eigenvalue weighted by Gasteiger charge is -2.12. The minimum atomic E-state index is 0.952. The molecule has 1 aliphatic rings. The van der Waals surface area contributed by atoms with E-state index in [-0.39, 0.29) is 0 Å². The third-order valence-electron chi connectivity index (χ3n) is 2.66. The number of hydrogen-bond donors (Lipinski definition) is 2. The Hall–Kier alpha value is -1.28. The fourth-order valence-corrected chi connectivity index (χ4v) is 2.01. The van der Waals surface area contributed by atoms with Gasteiger partial charge in [-0.25, -0.2) is 0 Å². The fraction of sp³-hybridized carbons (Fsp3) is 0.333. The summed E-state index contributed by atoms with van der Waals surface area (Å²) in [7, 11) is 0. The van der Waals surface area contributed by atoms with E-state index in [0.29, 0.717) is 0 Å². The summed E-state index contributed by atoms with van der Waals surface area (Å²) in [5, 5.41) is 3.36. The van der Waals surface area contributed by atoms with Gasteiger partial charge in [0.05, 0.1) is 0 Å². The van der Waals surface area contributed by atoms with E-state index in [1.807, 2.05) is 13.0 Å². The minimum absolute atomic E-state index is 0.952. The molecule has 74 valence electrons. The average molecular weight is 188 g/mol. The minimum Gasteiger partial charge on any atom is -0.357 e. The highest BCUT2D eigenvalue weighted by Gasteiger charge is 2.16. The average Bonchev–Trinajstić information content (AvgIpc) is 2.58. The Balaban J connectivity index is 2.52. The van der Waals surface area contributed by atoms with Crippen LogP contribution in [0.5, 0.6) is 0 Å². The summed E-state index contributed by atoms with van der Waals surface area (Å²) in [6.07, 6.45) is 7.25. The van der Waals surface area contributed by atoms with Crippen LogP contribution in [0.3, 0.4) is 0 Å². The van der Waals surface area contributed by atoms with E-state index in [1.165, 1.54) is 16.8 Å². The van der Waals surface area contributed by atoms with Crippen LogP contribution in [0.15, 0.2) is 12.7 Å². The first-order valence-corrected chi connectivity index (χ1v) is 5.06. The Bertz CT molecular complexity index is 372. The van der Waals surface area contributed by atoms with E-state index in [9.17, 15) is 0 Å². The zero-order valence-electron chi connectivity index (χ0n) is 8.56. The number of fused-ring (bicyclic) bond motifs is 1. The maximum atomic E-state index is 3.83. The molecule has 1 aliphatic heterocycles. The molecule has 0 fully saturated rings. The molecule has 0 bridgehead atoms. The molecule has 0 aromatic carbocycles. The van der Waals surface area contributed by atoms with Gasteiger partial charge >= 0.3 is 0 Å². The van der Waals surface area contributed by atoms with Crippen LogP contribution in [-0.2, 0) is 13.0 Å². The van der Waals surface area contributed by atoms with Crippen LogP contribution in [0.1, 0.15) is 29.4 Å². The molecule has 1 aromatic rings. The smallest absolute Gasteiger partial charge is 0.0453 e. The highest BCUT2D eigenvalue weighted by atomic mass is 14.9.